The normalized spacial score (nSPS) is 11.2. The maximum atomic E-state index is 14.0. The lowest BCUT2D eigenvalue weighted by molar-refractivity contribution is -0.129. The number of anilines is 1. The molecule has 0 fully saturated rings. The van der Waals surface area contributed by atoms with Crippen molar-refractivity contribution in [3.8, 4) is 0 Å². The number of halogens is 2. The van der Waals surface area contributed by atoms with Gasteiger partial charge in [0.05, 0.1) is 11.9 Å². The van der Waals surface area contributed by atoms with Crippen LogP contribution in [0, 0.1) is 11.6 Å². The van der Waals surface area contributed by atoms with Crippen LogP contribution in [0.4, 0.5) is 14.5 Å². The summed E-state index contributed by atoms with van der Waals surface area (Å²) in [6.45, 7) is 1.86. The third kappa shape index (κ3) is 5.01. The Morgan fingerprint density at radius 1 is 1.08 bits per heavy atom. The first kappa shape index (κ1) is 19.8. The van der Waals surface area contributed by atoms with Crippen molar-refractivity contribution in [2.45, 2.75) is 13.5 Å². The van der Waals surface area contributed by atoms with Crippen LogP contribution in [0.15, 0.2) is 48.5 Å². The molecule has 0 unspecified atom stereocenters. The minimum atomic E-state index is -3.94. The highest BCUT2D eigenvalue weighted by Gasteiger charge is 2.26. The second kappa shape index (κ2) is 8.27. The van der Waals surface area contributed by atoms with Crippen molar-refractivity contribution in [3.63, 3.8) is 0 Å². The number of likely N-dealkylation sites (N-methyl/N-ethyl adjacent to an activating group) is 1. The smallest absolute Gasteiger partial charge is 0.243 e. The SMILES string of the molecule is CCN(Cc1ccccc1)C(=O)CN(c1ccc(F)cc1F)S(C)(=O)=O. The standard InChI is InChI=1S/C18H20F2N2O3S/c1-3-21(12-14-7-5-4-6-8-14)18(23)13-22(26(2,24)25)17-10-9-15(19)11-16(17)20/h4-11H,3,12-13H2,1-2H3. The highest BCUT2D eigenvalue weighted by Crippen LogP contribution is 2.23. The van der Waals surface area contributed by atoms with Crippen LogP contribution in [0.1, 0.15) is 12.5 Å². The monoisotopic (exact) mass is 382 g/mol. The topological polar surface area (TPSA) is 57.7 Å². The molecule has 140 valence electrons. The molecule has 2 aromatic rings. The van der Waals surface area contributed by atoms with Gasteiger partial charge in [-0.2, -0.15) is 0 Å². The van der Waals surface area contributed by atoms with Gasteiger partial charge in [-0.15, -0.1) is 0 Å². The van der Waals surface area contributed by atoms with Gasteiger partial charge >= 0.3 is 0 Å². The van der Waals surface area contributed by atoms with E-state index in [0.717, 1.165) is 24.0 Å². The average Bonchev–Trinajstić information content (AvgIpc) is 2.58. The first-order chi connectivity index (χ1) is 12.2. The molecule has 0 saturated carbocycles. The Morgan fingerprint density at radius 3 is 2.27 bits per heavy atom. The van der Waals surface area contributed by atoms with E-state index >= 15 is 0 Å². The van der Waals surface area contributed by atoms with E-state index in [9.17, 15) is 22.0 Å². The van der Waals surface area contributed by atoms with Gasteiger partial charge in [-0.25, -0.2) is 17.2 Å². The number of carbonyl (C=O) groups excluding carboxylic acids is 1. The predicted octanol–water partition coefficient (Wildman–Crippen LogP) is 2.78. The zero-order chi connectivity index (χ0) is 19.3. The van der Waals surface area contributed by atoms with Crippen molar-refractivity contribution in [2.24, 2.45) is 0 Å². The van der Waals surface area contributed by atoms with Crippen LogP contribution >= 0.6 is 0 Å². The van der Waals surface area contributed by atoms with Gasteiger partial charge in [-0.3, -0.25) is 9.10 Å². The molecule has 0 radical (unpaired) electrons. The second-order valence-electron chi connectivity index (χ2n) is 5.76. The van der Waals surface area contributed by atoms with Crippen LogP contribution in [0.5, 0.6) is 0 Å². The quantitative estimate of drug-likeness (QED) is 0.740. The summed E-state index contributed by atoms with van der Waals surface area (Å²) in [6.07, 6.45) is 0.872. The zero-order valence-electron chi connectivity index (χ0n) is 14.5. The van der Waals surface area contributed by atoms with Gasteiger partial charge in [0.15, 0.2) is 0 Å². The first-order valence-corrected chi connectivity index (χ1v) is 9.81. The second-order valence-corrected chi connectivity index (χ2v) is 7.67. The zero-order valence-corrected chi connectivity index (χ0v) is 15.3. The molecule has 8 heteroatoms. The summed E-state index contributed by atoms with van der Waals surface area (Å²) >= 11 is 0. The number of nitrogens with zero attached hydrogens (tertiary/aromatic N) is 2. The number of sulfonamides is 1. The van der Waals surface area contributed by atoms with E-state index in [1.807, 2.05) is 30.3 Å². The van der Waals surface area contributed by atoms with Gasteiger partial charge in [0.1, 0.15) is 18.2 Å². The van der Waals surface area contributed by atoms with Crippen LogP contribution in [0.25, 0.3) is 0 Å². The Labute approximate surface area is 151 Å². The lowest BCUT2D eigenvalue weighted by Crippen LogP contribution is -2.42. The maximum absolute atomic E-state index is 14.0. The highest BCUT2D eigenvalue weighted by atomic mass is 32.2. The van der Waals surface area contributed by atoms with Crippen LogP contribution in [0.3, 0.4) is 0 Å². The molecule has 0 bridgehead atoms. The first-order valence-electron chi connectivity index (χ1n) is 7.97. The van der Waals surface area contributed by atoms with Crippen LogP contribution < -0.4 is 4.31 Å². The molecule has 0 saturated heterocycles. The van der Waals surface area contributed by atoms with Gasteiger partial charge in [-0.1, -0.05) is 30.3 Å². The number of hydrogen-bond donors (Lipinski definition) is 0. The molecule has 2 aromatic carbocycles. The molecule has 0 aromatic heterocycles. The van der Waals surface area contributed by atoms with Gasteiger partial charge in [0.25, 0.3) is 0 Å². The summed E-state index contributed by atoms with van der Waals surface area (Å²) in [5.74, 6) is -2.36. The lowest BCUT2D eigenvalue weighted by atomic mass is 10.2. The van der Waals surface area contributed by atoms with Crippen LogP contribution in [-0.4, -0.2) is 38.6 Å². The Bertz CT molecular complexity index is 873. The van der Waals surface area contributed by atoms with Crippen molar-refractivity contribution in [3.05, 3.63) is 65.7 Å². The molecule has 2 rings (SSSR count). The highest BCUT2D eigenvalue weighted by molar-refractivity contribution is 7.92. The number of rotatable bonds is 7. The van der Waals surface area contributed by atoms with E-state index in [1.54, 1.807) is 6.92 Å². The molecule has 26 heavy (non-hydrogen) atoms. The summed E-state index contributed by atoms with van der Waals surface area (Å²) in [4.78, 5) is 14.1. The van der Waals surface area contributed by atoms with Gasteiger partial charge in [0.2, 0.25) is 15.9 Å². The molecule has 0 aliphatic carbocycles. The Kier molecular flexibility index (Phi) is 6.31. The Hall–Kier alpha value is -2.48. The molecule has 0 heterocycles. The fourth-order valence-corrected chi connectivity index (χ4v) is 3.32. The van der Waals surface area contributed by atoms with Crippen molar-refractivity contribution in [1.82, 2.24) is 4.90 Å². The number of benzene rings is 2. The summed E-state index contributed by atoms with van der Waals surface area (Å²) in [6, 6.07) is 11.8. The van der Waals surface area contributed by atoms with E-state index in [-0.39, 0.29) is 5.69 Å². The average molecular weight is 382 g/mol. The molecule has 0 aliphatic rings. The molecule has 5 nitrogen and oxygen atoms in total. The largest absolute Gasteiger partial charge is 0.337 e. The molecular weight excluding hydrogens is 362 g/mol. The molecule has 1 amide bonds. The number of carbonyl (C=O) groups is 1. The lowest BCUT2D eigenvalue weighted by Gasteiger charge is -2.27. The van der Waals surface area contributed by atoms with E-state index in [0.29, 0.717) is 23.5 Å². The summed E-state index contributed by atoms with van der Waals surface area (Å²) in [5.41, 5.74) is 0.527. The van der Waals surface area contributed by atoms with E-state index in [1.165, 1.54) is 4.90 Å². The van der Waals surface area contributed by atoms with E-state index in [4.69, 9.17) is 0 Å². The summed E-state index contributed by atoms with van der Waals surface area (Å²) in [7, 11) is -3.94. The van der Waals surface area contributed by atoms with Gasteiger partial charge in [0, 0.05) is 19.2 Å². The molecular formula is C18H20F2N2O3S. The van der Waals surface area contributed by atoms with Crippen molar-refractivity contribution in [2.75, 3.05) is 23.7 Å². The molecule has 0 atom stereocenters. The third-order valence-corrected chi connectivity index (χ3v) is 4.93. The van der Waals surface area contributed by atoms with Crippen molar-refractivity contribution >= 4 is 21.6 Å². The van der Waals surface area contributed by atoms with Gasteiger partial charge < -0.3 is 4.90 Å². The molecule has 0 spiro atoms. The molecule has 0 N–H and O–H groups in total. The minimum Gasteiger partial charge on any atom is -0.337 e. The summed E-state index contributed by atoms with van der Waals surface area (Å²) in [5, 5.41) is 0. The van der Waals surface area contributed by atoms with E-state index < -0.39 is 34.1 Å². The number of hydrogen-bond acceptors (Lipinski definition) is 3. The predicted molar refractivity (Wildman–Crippen MR) is 96.1 cm³/mol. The Morgan fingerprint density at radius 2 is 1.73 bits per heavy atom. The van der Waals surface area contributed by atoms with E-state index in [2.05, 4.69) is 0 Å². The van der Waals surface area contributed by atoms with Gasteiger partial charge in [-0.05, 0) is 24.6 Å². The maximum Gasteiger partial charge on any atom is 0.243 e. The summed E-state index contributed by atoms with van der Waals surface area (Å²) < 4.78 is 51.9. The van der Waals surface area contributed by atoms with Crippen molar-refractivity contribution in [1.29, 1.82) is 0 Å². The van der Waals surface area contributed by atoms with Crippen LogP contribution in [-0.2, 0) is 21.4 Å². The minimum absolute atomic E-state index is 0.305. The Balaban J connectivity index is 2.25. The van der Waals surface area contributed by atoms with Crippen LogP contribution in [0.2, 0.25) is 0 Å². The fraction of sp³-hybridized carbons (Fsp3) is 0.278. The number of amides is 1. The third-order valence-electron chi connectivity index (χ3n) is 3.81. The fourth-order valence-electron chi connectivity index (χ4n) is 2.47. The molecule has 0 aliphatic heterocycles. The van der Waals surface area contributed by atoms with Crippen molar-refractivity contribution < 1.29 is 22.0 Å².